The van der Waals surface area contributed by atoms with Crippen LogP contribution in [0.5, 0.6) is 0 Å². The number of carbonyl (C=O) groups is 2. The second-order valence-electron chi connectivity index (χ2n) is 10.5. The lowest BCUT2D eigenvalue weighted by Gasteiger charge is -2.30. The summed E-state index contributed by atoms with van der Waals surface area (Å²) in [6, 6.07) is 4.26. The van der Waals surface area contributed by atoms with Gasteiger partial charge in [-0.2, -0.15) is 0 Å². The zero-order chi connectivity index (χ0) is 29.6. The van der Waals surface area contributed by atoms with Crippen LogP contribution in [0.15, 0.2) is 50.4 Å². The van der Waals surface area contributed by atoms with E-state index in [0.717, 1.165) is 23.2 Å². The van der Waals surface area contributed by atoms with Crippen molar-refractivity contribution in [2.45, 2.75) is 25.4 Å². The second-order valence-corrected chi connectivity index (χ2v) is 13.3. The summed E-state index contributed by atoms with van der Waals surface area (Å²) < 4.78 is 22.7. The number of halogens is 3. The minimum absolute atomic E-state index is 0.0142. The number of carbonyl (C=O) groups excluding carboxylic acids is 2. The number of allylic oxidation sites excluding steroid dienone is 1. The fraction of sp³-hybridized carbons (Fsp3) is 0.429. The topological polar surface area (TPSA) is 131 Å². The van der Waals surface area contributed by atoms with Gasteiger partial charge in [-0.1, -0.05) is 11.6 Å². The number of likely N-dealkylation sites (N-methyl/N-ethyl adjacent to an activating group) is 1. The third-order valence-electron chi connectivity index (χ3n) is 7.40. The number of ether oxygens (including phenoxy) is 1. The standard InChI is InChI=1S/C28H34ClFIN7O4/c1-37-7-6-19(13-37)42-28(41)17-4-8-38(9-5-17)14-27(40)34-25-12-26(32-16-31-25)33-23-11-22(35-36-24(23)15-39)20-10-18(29)2-3-21(20)30/h2-3,10-12,16-17,19,35-36,39H,4-9,13-15H2,1H3,(H,32,33)(H,34,40)/t19-/m1/s1. The summed E-state index contributed by atoms with van der Waals surface area (Å²) in [5, 5.41) is 16.4. The number of nitrogens with zero attached hydrogens (tertiary/aromatic N) is 3. The first kappa shape index (κ1) is 30.6. The van der Waals surface area contributed by atoms with E-state index in [1.165, 1.54) is 18.2 Å². The van der Waals surface area contributed by atoms with Crippen LogP contribution < -0.4 is 21.5 Å². The highest BCUT2D eigenvalue weighted by atomic mass is 127. The molecule has 1 aromatic rings. The summed E-state index contributed by atoms with van der Waals surface area (Å²) in [4.78, 5) is 34.1. The molecule has 2 saturated heterocycles. The lowest BCUT2D eigenvalue weighted by molar-refractivity contribution is -0.155. The van der Waals surface area contributed by atoms with Gasteiger partial charge in [0.2, 0.25) is 5.91 Å². The maximum Gasteiger partial charge on any atom is 0.309 e. The fourth-order valence-corrected chi connectivity index (χ4v) is 6.95. The van der Waals surface area contributed by atoms with Crippen molar-refractivity contribution in [2.75, 3.05) is 46.4 Å². The molecule has 0 unspecified atom stereocenters. The summed E-state index contributed by atoms with van der Waals surface area (Å²) in [7, 11) is 2.03. The van der Waals surface area contributed by atoms with Gasteiger partial charge in [0.15, 0.2) is 0 Å². The van der Waals surface area contributed by atoms with E-state index in [4.69, 9.17) is 16.3 Å². The van der Waals surface area contributed by atoms with Crippen molar-refractivity contribution in [2.24, 2.45) is 10.9 Å². The number of likely N-dealkylation sites (tertiary alicyclic amines) is 2. The van der Waals surface area contributed by atoms with E-state index in [0.29, 0.717) is 53.9 Å². The summed E-state index contributed by atoms with van der Waals surface area (Å²) in [6.07, 6.45) is 5.65. The molecule has 2 fully saturated rings. The zero-order valence-corrected chi connectivity index (χ0v) is 26.0. The predicted molar refractivity (Wildman–Crippen MR) is 168 cm³/mol. The van der Waals surface area contributed by atoms with E-state index in [-0.39, 0.29) is 42.6 Å². The van der Waals surface area contributed by atoms with E-state index >= 15 is 0 Å². The Balaban J connectivity index is 1.13. The predicted octanol–water partition coefficient (Wildman–Crippen LogP) is 1.78. The van der Waals surface area contributed by atoms with Crippen LogP contribution in [0, 0.1) is 11.7 Å². The van der Waals surface area contributed by atoms with Crippen LogP contribution in [0.2, 0.25) is 5.02 Å². The highest BCUT2D eigenvalue weighted by Gasteiger charge is 2.30. The summed E-state index contributed by atoms with van der Waals surface area (Å²) in [6.45, 7) is 2.99. The third kappa shape index (κ3) is 7.95. The first-order chi connectivity index (χ1) is 20.3. The second kappa shape index (κ2) is 14.1. The first-order valence-electron chi connectivity index (χ1n) is 13.7. The van der Waals surface area contributed by atoms with Crippen LogP contribution in [0.3, 0.4) is 0 Å². The summed E-state index contributed by atoms with van der Waals surface area (Å²) >= 11 is 5.42. The number of amidine groups is 1. The first-order valence-corrected chi connectivity index (χ1v) is 16.4. The van der Waals surface area contributed by atoms with Gasteiger partial charge in [-0.05, 0) is 84.4 Å². The lowest BCUT2D eigenvalue weighted by atomic mass is 9.97. The fourth-order valence-electron chi connectivity index (χ4n) is 5.10. The number of hydrazine groups is 1. The number of piperidine rings is 1. The zero-order valence-electron chi connectivity index (χ0n) is 23.1. The molecule has 0 spiro atoms. The van der Waals surface area contributed by atoms with Crippen molar-refractivity contribution in [1.82, 2.24) is 31.3 Å². The highest BCUT2D eigenvalue weighted by Crippen LogP contribution is 2.25. The molecule has 14 heteroatoms. The highest BCUT2D eigenvalue weighted by molar-refractivity contribution is 14.2. The molecular weight excluding hydrogens is 680 g/mol. The smallest absolute Gasteiger partial charge is 0.309 e. The Hall–Kier alpha value is -2.85. The van der Waals surface area contributed by atoms with Crippen LogP contribution in [0.1, 0.15) is 24.8 Å². The van der Waals surface area contributed by atoms with Crippen molar-refractivity contribution in [1.29, 1.82) is 0 Å². The maximum atomic E-state index is 14.4. The molecule has 5 rings (SSSR count). The SMILES string of the molecule is CN1CC[C@@H](OC(=O)C2CCN(CC(=O)NC3=CC(NC4=C(CO)NNC(c5cc(Cl)ccc5F)=C4)=NC=I3)CC2)C1. The van der Waals surface area contributed by atoms with Crippen molar-refractivity contribution in [3.63, 3.8) is 0 Å². The molecule has 5 N–H and O–H groups in total. The molecule has 0 bridgehead atoms. The quantitative estimate of drug-likeness (QED) is 0.156. The molecule has 0 aromatic heterocycles. The van der Waals surface area contributed by atoms with Crippen molar-refractivity contribution in [3.05, 3.63) is 61.9 Å². The number of aliphatic hydroxyl groups is 1. The molecule has 1 amide bonds. The Kier molecular flexibility index (Phi) is 10.3. The van der Waals surface area contributed by atoms with Crippen LogP contribution in [-0.4, -0.2) is 89.2 Å². The van der Waals surface area contributed by atoms with Crippen molar-refractivity contribution < 1.29 is 23.8 Å². The molecule has 226 valence electrons. The number of benzene rings is 1. The number of esters is 1. The average Bonchev–Trinajstić information content (AvgIpc) is 3.39. The Labute approximate surface area is 258 Å². The number of rotatable bonds is 8. The van der Waals surface area contributed by atoms with E-state index in [1.54, 1.807) is 16.3 Å². The van der Waals surface area contributed by atoms with Crippen LogP contribution in [-0.2, 0) is 14.3 Å². The minimum atomic E-state index is -0.637. The molecule has 0 aliphatic carbocycles. The average molecular weight is 714 g/mol. The van der Waals surface area contributed by atoms with Crippen LogP contribution in [0.25, 0.3) is 5.70 Å². The Bertz CT molecular complexity index is 1370. The van der Waals surface area contributed by atoms with Gasteiger partial charge in [0.05, 0.1) is 44.0 Å². The van der Waals surface area contributed by atoms with Crippen molar-refractivity contribution >= 4 is 59.9 Å². The Morgan fingerprint density at radius 2 is 2.02 bits per heavy atom. The molecule has 4 heterocycles. The van der Waals surface area contributed by atoms with Gasteiger partial charge in [-0.3, -0.25) is 14.5 Å². The van der Waals surface area contributed by atoms with Gasteiger partial charge in [0, 0.05) is 29.8 Å². The van der Waals surface area contributed by atoms with Crippen LogP contribution >= 0.6 is 32.3 Å². The van der Waals surface area contributed by atoms with E-state index in [9.17, 15) is 19.1 Å². The lowest BCUT2D eigenvalue weighted by Crippen LogP contribution is -2.43. The van der Waals surface area contributed by atoms with Gasteiger partial charge < -0.3 is 36.2 Å². The number of hydrogen-bond acceptors (Lipinski definition) is 10. The van der Waals surface area contributed by atoms with Gasteiger partial charge in [-0.25, -0.2) is 9.38 Å². The van der Waals surface area contributed by atoms with Crippen molar-refractivity contribution in [3.8, 4) is 0 Å². The van der Waals surface area contributed by atoms with E-state index < -0.39 is 26.5 Å². The number of aliphatic hydroxyl groups excluding tert-OH is 1. The molecule has 1 atom stereocenters. The number of amides is 1. The molecule has 42 heavy (non-hydrogen) atoms. The summed E-state index contributed by atoms with van der Waals surface area (Å²) in [5.74, 6) is -0.339. The largest absolute Gasteiger partial charge is 0.461 e. The van der Waals surface area contributed by atoms with Gasteiger partial charge in [0.1, 0.15) is 17.8 Å². The maximum absolute atomic E-state index is 14.4. The van der Waals surface area contributed by atoms with Crippen LogP contribution in [0.4, 0.5) is 4.39 Å². The Morgan fingerprint density at radius 3 is 2.76 bits per heavy atom. The number of aliphatic imine (C=N–C) groups is 1. The molecular formula is C28H34ClFIN7O4. The molecule has 1 aromatic carbocycles. The Morgan fingerprint density at radius 1 is 1.21 bits per heavy atom. The molecule has 4 aliphatic heterocycles. The van der Waals surface area contributed by atoms with E-state index in [2.05, 4.69) is 36.3 Å². The van der Waals surface area contributed by atoms with Gasteiger partial charge in [-0.15, -0.1) is 0 Å². The number of hydrogen-bond donors (Lipinski definition) is 5. The monoisotopic (exact) mass is 713 g/mol. The molecule has 0 radical (unpaired) electrons. The third-order valence-corrected chi connectivity index (χ3v) is 9.44. The molecule has 4 aliphatic rings. The van der Waals surface area contributed by atoms with E-state index in [1.807, 2.05) is 7.05 Å². The summed E-state index contributed by atoms with van der Waals surface area (Å²) in [5.41, 5.74) is 7.36. The normalized spacial score (nSPS) is 21.8. The minimum Gasteiger partial charge on any atom is -0.461 e. The molecule has 11 nitrogen and oxygen atoms in total. The number of nitrogens with one attached hydrogen (secondary N) is 4. The molecule has 0 saturated carbocycles. The van der Waals surface area contributed by atoms with Gasteiger partial charge >= 0.3 is 5.97 Å². The van der Waals surface area contributed by atoms with Gasteiger partial charge in [0.25, 0.3) is 0 Å².